The van der Waals surface area contributed by atoms with Gasteiger partial charge in [-0.2, -0.15) is 0 Å². The summed E-state index contributed by atoms with van der Waals surface area (Å²) in [5.41, 5.74) is 0.962. The van der Waals surface area contributed by atoms with Crippen LogP contribution in [0.25, 0.3) is 0 Å². The van der Waals surface area contributed by atoms with Crippen molar-refractivity contribution in [1.82, 2.24) is 4.98 Å². The van der Waals surface area contributed by atoms with Gasteiger partial charge in [-0.3, -0.25) is 0 Å². The molecule has 4 heteroatoms. The first-order valence-electron chi connectivity index (χ1n) is 8.15. The Balaban J connectivity index is 1.74. The quantitative estimate of drug-likeness (QED) is 0.803. The largest absolute Gasteiger partial charge is 0.458 e. The molecule has 1 aromatic rings. The van der Waals surface area contributed by atoms with Crippen molar-refractivity contribution in [1.29, 1.82) is 0 Å². The van der Waals surface area contributed by atoms with Gasteiger partial charge < -0.3 is 9.64 Å². The molecule has 0 N–H and O–H groups in total. The Kier molecular flexibility index (Phi) is 3.66. The van der Waals surface area contributed by atoms with Gasteiger partial charge in [0.2, 0.25) is 0 Å². The molecule has 22 heavy (non-hydrogen) atoms. The Morgan fingerprint density at radius 1 is 1.36 bits per heavy atom. The van der Waals surface area contributed by atoms with Crippen LogP contribution in [0.2, 0.25) is 0 Å². The van der Waals surface area contributed by atoms with E-state index in [0.29, 0.717) is 34.6 Å². The first kappa shape index (κ1) is 15.3. The first-order valence-corrected chi connectivity index (χ1v) is 8.15. The van der Waals surface area contributed by atoms with Crippen LogP contribution in [0.4, 0.5) is 5.82 Å². The number of aromatic nitrogens is 1. The number of carbonyl (C=O) groups excluding carboxylic acids is 1. The number of ether oxygens (including phenoxy) is 1. The zero-order chi connectivity index (χ0) is 16.1. The maximum absolute atomic E-state index is 12.6. The van der Waals surface area contributed by atoms with Gasteiger partial charge in [0.25, 0.3) is 0 Å². The zero-order valence-electron chi connectivity index (χ0n) is 14.2. The van der Waals surface area contributed by atoms with Crippen molar-refractivity contribution in [3.05, 3.63) is 23.9 Å². The Bertz CT molecular complexity index is 582. The summed E-state index contributed by atoms with van der Waals surface area (Å²) >= 11 is 0. The van der Waals surface area contributed by atoms with Crippen LogP contribution in [0.1, 0.15) is 44.0 Å². The number of esters is 1. The predicted molar refractivity (Wildman–Crippen MR) is 86.9 cm³/mol. The van der Waals surface area contributed by atoms with Crippen molar-refractivity contribution in [2.75, 3.05) is 19.0 Å². The number of hydrogen-bond acceptors (Lipinski definition) is 4. The van der Waals surface area contributed by atoms with Crippen molar-refractivity contribution in [2.45, 2.75) is 39.7 Å². The molecule has 0 unspecified atom stereocenters. The summed E-state index contributed by atoms with van der Waals surface area (Å²) in [5.74, 6) is 2.22. The smallest absolute Gasteiger partial charge is 0.342 e. The van der Waals surface area contributed by atoms with Crippen LogP contribution >= 0.6 is 0 Å². The molecule has 0 saturated heterocycles. The highest BCUT2D eigenvalue weighted by Crippen LogP contribution is 2.61. The summed E-state index contributed by atoms with van der Waals surface area (Å²) in [6, 6.07) is 3.58. The molecular weight excluding hydrogens is 276 g/mol. The first-order chi connectivity index (χ1) is 10.3. The number of anilines is 1. The molecule has 3 aliphatic carbocycles. The van der Waals surface area contributed by atoms with Gasteiger partial charge in [-0.1, -0.05) is 20.8 Å². The lowest BCUT2D eigenvalue weighted by Crippen LogP contribution is -2.57. The van der Waals surface area contributed by atoms with Crippen molar-refractivity contribution < 1.29 is 9.53 Å². The Morgan fingerprint density at radius 3 is 2.68 bits per heavy atom. The SMILES string of the molecule is C[C@@H]1[C@@H](OC(=O)c2cccnc2N(C)C)C[C@@H]2C[C@@H]1C2(C)C. The molecule has 0 aliphatic heterocycles. The van der Waals surface area contributed by atoms with Gasteiger partial charge in [0, 0.05) is 20.3 Å². The number of carbonyl (C=O) groups is 1. The molecule has 0 aromatic carbocycles. The number of pyridine rings is 1. The van der Waals surface area contributed by atoms with E-state index in [1.54, 1.807) is 18.3 Å². The molecule has 1 aromatic heterocycles. The fourth-order valence-electron chi connectivity index (χ4n) is 4.37. The monoisotopic (exact) mass is 302 g/mol. The fraction of sp³-hybridized carbons (Fsp3) is 0.667. The second-order valence-corrected chi connectivity index (χ2v) is 7.67. The molecular formula is C18H26N2O2. The van der Waals surface area contributed by atoms with Crippen LogP contribution in [0.3, 0.4) is 0 Å². The molecule has 120 valence electrons. The van der Waals surface area contributed by atoms with Crippen LogP contribution in [0, 0.1) is 23.2 Å². The van der Waals surface area contributed by atoms with E-state index in [9.17, 15) is 4.79 Å². The molecule has 0 spiro atoms. The van der Waals surface area contributed by atoms with Crippen LogP contribution in [-0.4, -0.2) is 31.2 Å². The number of fused-ring (bicyclic) bond motifs is 2. The summed E-state index contributed by atoms with van der Waals surface area (Å²) in [6.45, 7) is 6.94. The topological polar surface area (TPSA) is 42.4 Å². The van der Waals surface area contributed by atoms with Crippen molar-refractivity contribution in [2.24, 2.45) is 23.2 Å². The molecule has 3 aliphatic rings. The van der Waals surface area contributed by atoms with Crippen LogP contribution in [0.15, 0.2) is 18.3 Å². The zero-order valence-corrected chi connectivity index (χ0v) is 14.2. The van der Waals surface area contributed by atoms with E-state index in [-0.39, 0.29) is 12.1 Å². The van der Waals surface area contributed by atoms with Crippen molar-refractivity contribution >= 4 is 11.8 Å². The molecule has 0 amide bonds. The highest BCUT2D eigenvalue weighted by atomic mass is 16.5. The minimum absolute atomic E-state index is 0.0412. The molecule has 4 nitrogen and oxygen atoms in total. The van der Waals surface area contributed by atoms with Crippen LogP contribution < -0.4 is 4.90 Å². The molecule has 3 saturated carbocycles. The molecule has 1 heterocycles. The van der Waals surface area contributed by atoms with Gasteiger partial charge in [-0.25, -0.2) is 9.78 Å². The normalized spacial score (nSPS) is 32.0. The van der Waals surface area contributed by atoms with E-state index >= 15 is 0 Å². The van der Waals surface area contributed by atoms with Gasteiger partial charge in [-0.15, -0.1) is 0 Å². The second kappa shape index (κ2) is 5.25. The summed E-state index contributed by atoms with van der Waals surface area (Å²) in [6.07, 6.45) is 4.03. The van der Waals surface area contributed by atoms with E-state index in [1.165, 1.54) is 6.42 Å². The molecule has 0 radical (unpaired) electrons. The molecule has 3 fully saturated rings. The highest BCUT2D eigenvalue weighted by Gasteiger charge is 2.57. The lowest BCUT2D eigenvalue weighted by Gasteiger charge is -2.61. The van der Waals surface area contributed by atoms with E-state index in [4.69, 9.17) is 4.74 Å². The molecule has 4 atom stereocenters. The number of hydrogen-bond donors (Lipinski definition) is 0. The van der Waals surface area contributed by atoms with E-state index in [1.807, 2.05) is 19.0 Å². The number of nitrogens with zero attached hydrogens (tertiary/aromatic N) is 2. The molecule has 4 rings (SSSR count). The predicted octanol–water partition coefficient (Wildman–Crippen LogP) is 3.38. The summed E-state index contributed by atoms with van der Waals surface area (Å²) < 4.78 is 5.87. The maximum Gasteiger partial charge on any atom is 0.342 e. The Morgan fingerprint density at radius 2 is 2.09 bits per heavy atom. The third-order valence-corrected chi connectivity index (χ3v) is 5.97. The average Bonchev–Trinajstić information content (AvgIpc) is 2.48. The third kappa shape index (κ3) is 2.29. The van der Waals surface area contributed by atoms with E-state index in [2.05, 4.69) is 25.8 Å². The summed E-state index contributed by atoms with van der Waals surface area (Å²) in [5, 5.41) is 0. The maximum atomic E-state index is 12.6. The van der Waals surface area contributed by atoms with E-state index < -0.39 is 0 Å². The Hall–Kier alpha value is -1.58. The minimum Gasteiger partial charge on any atom is -0.458 e. The van der Waals surface area contributed by atoms with Crippen molar-refractivity contribution in [3.8, 4) is 0 Å². The van der Waals surface area contributed by atoms with Gasteiger partial charge in [0.15, 0.2) is 0 Å². The van der Waals surface area contributed by atoms with Gasteiger partial charge in [0.1, 0.15) is 17.5 Å². The fourth-order valence-corrected chi connectivity index (χ4v) is 4.37. The van der Waals surface area contributed by atoms with Crippen LogP contribution in [-0.2, 0) is 4.74 Å². The highest BCUT2D eigenvalue weighted by molar-refractivity contribution is 5.94. The molecule has 2 bridgehead atoms. The Labute approximate surface area is 132 Å². The minimum atomic E-state index is -0.243. The van der Waals surface area contributed by atoms with Crippen LogP contribution in [0.5, 0.6) is 0 Å². The standard InChI is InChI=1S/C18H26N2O2/c1-11-14-9-12(18(14,2)3)10-15(11)22-17(21)13-7-6-8-19-16(13)20(4)5/h6-8,11-12,14-15H,9-10H2,1-5H3/t11-,12-,14-,15-/m0/s1. The summed E-state index contributed by atoms with van der Waals surface area (Å²) in [7, 11) is 3.78. The van der Waals surface area contributed by atoms with Gasteiger partial charge in [-0.05, 0) is 48.1 Å². The third-order valence-electron chi connectivity index (χ3n) is 5.97. The van der Waals surface area contributed by atoms with Gasteiger partial charge in [0.05, 0.1) is 0 Å². The number of rotatable bonds is 3. The average molecular weight is 302 g/mol. The second-order valence-electron chi connectivity index (χ2n) is 7.67. The van der Waals surface area contributed by atoms with Gasteiger partial charge >= 0.3 is 5.97 Å². The lowest BCUT2D eigenvalue weighted by molar-refractivity contribution is -0.156. The lowest BCUT2D eigenvalue weighted by atomic mass is 9.45. The summed E-state index contributed by atoms with van der Waals surface area (Å²) in [4.78, 5) is 18.7. The van der Waals surface area contributed by atoms with Crippen molar-refractivity contribution in [3.63, 3.8) is 0 Å². The van der Waals surface area contributed by atoms with E-state index in [0.717, 1.165) is 6.42 Å².